The van der Waals surface area contributed by atoms with Crippen LogP contribution in [0, 0.1) is 0 Å². The van der Waals surface area contributed by atoms with E-state index in [1.807, 2.05) is 30.3 Å². The van der Waals surface area contributed by atoms with Crippen LogP contribution in [0.15, 0.2) is 30.3 Å². The van der Waals surface area contributed by atoms with Gasteiger partial charge in [-0.1, -0.05) is 30.3 Å². The van der Waals surface area contributed by atoms with Crippen molar-refractivity contribution < 1.29 is 13.2 Å². The van der Waals surface area contributed by atoms with Crippen molar-refractivity contribution >= 4 is 10.0 Å². The van der Waals surface area contributed by atoms with Crippen LogP contribution in [0.3, 0.4) is 0 Å². The van der Waals surface area contributed by atoms with Crippen molar-refractivity contribution in [1.82, 2.24) is 14.5 Å². The number of likely N-dealkylation sites (tertiary alicyclic amines) is 1. The van der Waals surface area contributed by atoms with Gasteiger partial charge < -0.3 is 9.64 Å². The third-order valence-corrected chi connectivity index (χ3v) is 6.72. The number of benzene rings is 1. The average molecular weight is 368 g/mol. The van der Waals surface area contributed by atoms with Gasteiger partial charge in [0.1, 0.15) is 0 Å². The number of morpholine rings is 1. The Bertz CT molecular complexity index is 637. The van der Waals surface area contributed by atoms with Gasteiger partial charge in [0, 0.05) is 25.2 Å². The third-order valence-electron chi connectivity index (χ3n) is 5.42. The molecule has 0 aliphatic carbocycles. The normalized spacial score (nSPS) is 22.8. The summed E-state index contributed by atoms with van der Waals surface area (Å²) in [6, 6.07) is 9.35. The summed E-state index contributed by atoms with van der Waals surface area (Å²) in [5.74, 6) is 0.0347. The SMILES string of the molecule is CN1CCC(CNS(=O)(=O)Cc2ccccc2)(N2CCOCC2)CC1. The highest BCUT2D eigenvalue weighted by atomic mass is 32.2. The van der Waals surface area contributed by atoms with Gasteiger partial charge in [-0.2, -0.15) is 0 Å². The second kappa shape index (κ2) is 8.14. The molecule has 0 aromatic heterocycles. The quantitative estimate of drug-likeness (QED) is 0.810. The highest BCUT2D eigenvalue weighted by Crippen LogP contribution is 2.29. The standard InChI is InChI=1S/C18H29N3O3S/c1-20-9-7-18(8-10-20,21-11-13-24-14-12-21)16-19-25(22,23)15-17-5-3-2-4-6-17/h2-6,19H,7-16H2,1H3. The molecule has 0 unspecified atom stereocenters. The lowest BCUT2D eigenvalue weighted by Crippen LogP contribution is -2.62. The zero-order valence-corrected chi connectivity index (χ0v) is 15.8. The van der Waals surface area contributed by atoms with E-state index in [1.165, 1.54) is 0 Å². The van der Waals surface area contributed by atoms with Gasteiger partial charge in [0.05, 0.1) is 19.0 Å². The smallest absolute Gasteiger partial charge is 0.215 e. The summed E-state index contributed by atoms with van der Waals surface area (Å²) >= 11 is 0. The van der Waals surface area contributed by atoms with Crippen LogP contribution in [0.4, 0.5) is 0 Å². The molecule has 25 heavy (non-hydrogen) atoms. The summed E-state index contributed by atoms with van der Waals surface area (Å²) in [6.45, 7) is 5.70. The second-order valence-electron chi connectivity index (χ2n) is 7.19. The molecular weight excluding hydrogens is 338 g/mol. The molecule has 1 aromatic rings. The van der Waals surface area contributed by atoms with E-state index < -0.39 is 10.0 Å². The Morgan fingerprint density at radius 3 is 2.36 bits per heavy atom. The van der Waals surface area contributed by atoms with E-state index in [0.717, 1.165) is 57.8 Å². The predicted molar refractivity (Wildman–Crippen MR) is 98.9 cm³/mol. The summed E-state index contributed by atoms with van der Waals surface area (Å²) in [5.41, 5.74) is 0.721. The van der Waals surface area contributed by atoms with Gasteiger partial charge >= 0.3 is 0 Å². The lowest BCUT2D eigenvalue weighted by atomic mass is 9.85. The highest BCUT2D eigenvalue weighted by molar-refractivity contribution is 7.88. The van der Waals surface area contributed by atoms with E-state index in [4.69, 9.17) is 4.74 Å². The number of nitrogens with one attached hydrogen (secondary N) is 1. The van der Waals surface area contributed by atoms with Crippen LogP contribution in [0.5, 0.6) is 0 Å². The first kappa shape index (κ1) is 18.8. The molecule has 2 aliphatic rings. The first-order chi connectivity index (χ1) is 12.0. The fourth-order valence-electron chi connectivity index (χ4n) is 3.77. The number of piperidine rings is 1. The molecule has 0 radical (unpaired) electrons. The summed E-state index contributed by atoms with van der Waals surface area (Å²) in [4.78, 5) is 4.76. The number of ether oxygens (including phenoxy) is 1. The van der Waals surface area contributed by atoms with Gasteiger partial charge in [-0.3, -0.25) is 4.90 Å². The molecule has 0 spiro atoms. The van der Waals surface area contributed by atoms with Crippen LogP contribution in [0.25, 0.3) is 0 Å². The number of hydrogen-bond donors (Lipinski definition) is 1. The molecule has 0 amide bonds. The minimum atomic E-state index is -3.35. The fraction of sp³-hybridized carbons (Fsp3) is 0.667. The van der Waals surface area contributed by atoms with Crippen molar-refractivity contribution in [2.24, 2.45) is 0 Å². The van der Waals surface area contributed by atoms with Crippen molar-refractivity contribution in [2.75, 3.05) is 53.0 Å². The Labute approximate surface area is 151 Å². The molecule has 1 aromatic carbocycles. The summed E-state index contributed by atoms with van der Waals surface area (Å²) in [5, 5.41) is 0. The van der Waals surface area contributed by atoms with E-state index >= 15 is 0 Å². The Kier molecular flexibility index (Phi) is 6.12. The number of sulfonamides is 1. The monoisotopic (exact) mass is 367 g/mol. The van der Waals surface area contributed by atoms with Crippen molar-refractivity contribution in [3.8, 4) is 0 Å². The van der Waals surface area contributed by atoms with E-state index in [0.29, 0.717) is 6.54 Å². The van der Waals surface area contributed by atoms with Crippen molar-refractivity contribution in [2.45, 2.75) is 24.1 Å². The Hall–Kier alpha value is -0.990. The Morgan fingerprint density at radius 2 is 1.72 bits per heavy atom. The van der Waals surface area contributed by atoms with E-state index in [9.17, 15) is 8.42 Å². The molecule has 2 fully saturated rings. The lowest BCUT2D eigenvalue weighted by molar-refractivity contribution is -0.0427. The maximum Gasteiger partial charge on any atom is 0.215 e. The molecule has 1 N–H and O–H groups in total. The summed E-state index contributed by atoms with van der Waals surface area (Å²) in [7, 11) is -1.22. The van der Waals surface area contributed by atoms with Gasteiger partial charge in [0.2, 0.25) is 10.0 Å². The number of hydrogen-bond acceptors (Lipinski definition) is 5. The van der Waals surface area contributed by atoms with Crippen LogP contribution in [-0.4, -0.2) is 76.7 Å². The lowest BCUT2D eigenvalue weighted by Gasteiger charge is -2.49. The summed E-state index contributed by atoms with van der Waals surface area (Å²) in [6.07, 6.45) is 1.97. The van der Waals surface area contributed by atoms with Crippen LogP contribution >= 0.6 is 0 Å². The minimum absolute atomic E-state index is 0.0347. The topological polar surface area (TPSA) is 61.9 Å². The first-order valence-electron chi connectivity index (χ1n) is 9.02. The molecule has 0 atom stereocenters. The largest absolute Gasteiger partial charge is 0.379 e. The van der Waals surface area contributed by atoms with E-state index in [2.05, 4.69) is 21.6 Å². The zero-order valence-electron chi connectivity index (χ0n) is 15.0. The minimum Gasteiger partial charge on any atom is -0.379 e. The van der Waals surface area contributed by atoms with Crippen LogP contribution in [-0.2, 0) is 20.5 Å². The molecule has 7 heteroatoms. The number of nitrogens with zero attached hydrogens (tertiary/aromatic N) is 2. The molecule has 2 saturated heterocycles. The second-order valence-corrected chi connectivity index (χ2v) is 9.00. The summed E-state index contributed by atoms with van der Waals surface area (Å²) < 4.78 is 33.5. The van der Waals surface area contributed by atoms with Crippen molar-refractivity contribution in [3.63, 3.8) is 0 Å². The molecule has 140 valence electrons. The highest BCUT2D eigenvalue weighted by Gasteiger charge is 2.40. The third kappa shape index (κ3) is 5.01. The van der Waals surface area contributed by atoms with Crippen molar-refractivity contribution in [3.05, 3.63) is 35.9 Å². The van der Waals surface area contributed by atoms with Crippen LogP contribution in [0.1, 0.15) is 18.4 Å². The molecule has 6 nitrogen and oxygen atoms in total. The maximum atomic E-state index is 12.6. The molecule has 2 heterocycles. The maximum absolute atomic E-state index is 12.6. The molecular formula is C18H29N3O3S. The Balaban J connectivity index is 1.67. The van der Waals surface area contributed by atoms with Crippen molar-refractivity contribution in [1.29, 1.82) is 0 Å². The van der Waals surface area contributed by atoms with Gasteiger partial charge in [-0.15, -0.1) is 0 Å². The van der Waals surface area contributed by atoms with Crippen LogP contribution < -0.4 is 4.72 Å². The van der Waals surface area contributed by atoms with E-state index in [1.54, 1.807) is 0 Å². The molecule has 3 rings (SSSR count). The molecule has 0 saturated carbocycles. The van der Waals surface area contributed by atoms with Gasteiger partial charge in [-0.05, 0) is 38.5 Å². The van der Waals surface area contributed by atoms with E-state index in [-0.39, 0.29) is 11.3 Å². The van der Waals surface area contributed by atoms with Crippen LogP contribution in [0.2, 0.25) is 0 Å². The fourth-order valence-corrected chi connectivity index (χ4v) is 4.99. The molecule has 2 aliphatic heterocycles. The first-order valence-corrected chi connectivity index (χ1v) is 10.7. The predicted octanol–water partition coefficient (Wildman–Crippen LogP) is 0.903. The van der Waals surface area contributed by atoms with Gasteiger partial charge in [0.15, 0.2) is 0 Å². The van der Waals surface area contributed by atoms with Gasteiger partial charge in [-0.25, -0.2) is 13.1 Å². The zero-order chi connectivity index (χ0) is 17.8. The molecule has 0 bridgehead atoms. The van der Waals surface area contributed by atoms with Gasteiger partial charge in [0.25, 0.3) is 0 Å². The average Bonchev–Trinajstić information content (AvgIpc) is 2.63. The Morgan fingerprint density at radius 1 is 1.08 bits per heavy atom. The number of rotatable bonds is 6.